The van der Waals surface area contributed by atoms with Crippen LogP contribution in [0.4, 0.5) is 0 Å². The number of hydrogen-bond acceptors (Lipinski definition) is 5. The molecule has 1 aromatic heterocycles. The third kappa shape index (κ3) is 4.99. The average Bonchev–Trinajstić information content (AvgIpc) is 2.73. The van der Waals surface area contributed by atoms with Crippen molar-refractivity contribution < 1.29 is 24.2 Å². The Bertz CT molecular complexity index is 349. The highest BCUT2D eigenvalue weighted by Crippen LogP contribution is 2.07. The fourth-order valence-corrected chi connectivity index (χ4v) is 1.34. The summed E-state index contributed by atoms with van der Waals surface area (Å²) in [5.41, 5.74) is 0. The van der Waals surface area contributed by atoms with Crippen molar-refractivity contribution in [2.24, 2.45) is 0 Å². The zero-order valence-corrected chi connectivity index (χ0v) is 9.68. The van der Waals surface area contributed by atoms with Crippen LogP contribution >= 0.6 is 0 Å². The quantitative estimate of drug-likeness (QED) is 0.575. The van der Waals surface area contributed by atoms with E-state index in [0.29, 0.717) is 31.9 Å². The minimum absolute atomic E-state index is 0.0683. The molecule has 17 heavy (non-hydrogen) atoms. The molecule has 0 saturated carbocycles. The Morgan fingerprint density at radius 2 is 2.35 bits per heavy atom. The predicted octanol–water partition coefficient (Wildman–Crippen LogP) is 0.465. The maximum Gasteiger partial charge on any atom is 0.371 e. The van der Waals surface area contributed by atoms with Gasteiger partial charge in [-0.2, -0.15) is 0 Å². The van der Waals surface area contributed by atoms with Crippen molar-refractivity contribution >= 4 is 5.97 Å². The highest BCUT2D eigenvalue weighted by molar-refractivity contribution is 5.84. The lowest BCUT2D eigenvalue weighted by Crippen LogP contribution is -2.22. The van der Waals surface area contributed by atoms with Crippen molar-refractivity contribution in [2.45, 2.75) is 19.1 Å². The number of aliphatic hydroxyl groups excluding tert-OH is 1. The van der Waals surface area contributed by atoms with Gasteiger partial charge >= 0.3 is 5.97 Å². The molecule has 0 saturated heterocycles. The average molecular weight is 243 g/mol. The number of carboxylic acids is 1. The van der Waals surface area contributed by atoms with Gasteiger partial charge in [-0.1, -0.05) is 0 Å². The molecule has 0 aliphatic carbocycles. The van der Waals surface area contributed by atoms with E-state index in [2.05, 4.69) is 5.32 Å². The number of rotatable bonds is 8. The standard InChI is InChI=1S/C11H17NO5/c1-16-7-8(13)4-5-12-6-9-2-3-10(17-9)11(14)15/h2-3,8,12-13H,4-7H2,1H3,(H,14,15). The van der Waals surface area contributed by atoms with E-state index >= 15 is 0 Å². The van der Waals surface area contributed by atoms with Crippen LogP contribution in [0.25, 0.3) is 0 Å². The molecular formula is C11H17NO5. The summed E-state index contributed by atoms with van der Waals surface area (Å²) in [5, 5.41) is 21.0. The summed E-state index contributed by atoms with van der Waals surface area (Å²) < 4.78 is 9.84. The molecule has 1 heterocycles. The molecule has 0 amide bonds. The lowest BCUT2D eigenvalue weighted by atomic mass is 10.2. The fourth-order valence-electron chi connectivity index (χ4n) is 1.34. The summed E-state index contributed by atoms with van der Waals surface area (Å²) in [6.45, 7) is 1.35. The van der Waals surface area contributed by atoms with E-state index in [1.807, 2.05) is 0 Å². The van der Waals surface area contributed by atoms with Crippen LogP contribution in [-0.4, -0.2) is 42.5 Å². The van der Waals surface area contributed by atoms with E-state index in [1.54, 1.807) is 6.07 Å². The third-order valence-electron chi connectivity index (χ3n) is 2.19. The van der Waals surface area contributed by atoms with Crippen LogP contribution in [0.15, 0.2) is 16.5 Å². The van der Waals surface area contributed by atoms with Gasteiger partial charge in [0.2, 0.25) is 5.76 Å². The summed E-state index contributed by atoms with van der Waals surface area (Å²) in [5.74, 6) is -0.586. The van der Waals surface area contributed by atoms with Crippen molar-refractivity contribution in [3.05, 3.63) is 23.7 Å². The van der Waals surface area contributed by atoms with Gasteiger partial charge in [0.05, 0.1) is 19.3 Å². The SMILES string of the molecule is COCC(O)CCNCc1ccc(C(=O)O)o1. The zero-order valence-electron chi connectivity index (χ0n) is 9.68. The number of nitrogens with one attached hydrogen (secondary N) is 1. The maximum absolute atomic E-state index is 10.5. The van der Waals surface area contributed by atoms with Gasteiger partial charge in [0.15, 0.2) is 0 Å². The van der Waals surface area contributed by atoms with E-state index in [0.717, 1.165) is 0 Å². The van der Waals surface area contributed by atoms with Crippen molar-refractivity contribution in [1.82, 2.24) is 5.32 Å². The molecule has 6 heteroatoms. The molecule has 0 spiro atoms. The first kappa shape index (κ1) is 13.7. The molecule has 6 nitrogen and oxygen atoms in total. The number of hydrogen-bond donors (Lipinski definition) is 3. The van der Waals surface area contributed by atoms with Crippen LogP contribution in [0.1, 0.15) is 22.7 Å². The minimum atomic E-state index is -1.08. The molecule has 1 aromatic rings. The van der Waals surface area contributed by atoms with E-state index in [-0.39, 0.29) is 5.76 Å². The topological polar surface area (TPSA) is 91.9 Å². The molecule has 0 fully saturated rings. The van der Waals surface area contributed by atoms with Crippen LogP contribution in [0.3, 0.4) is 0 Å². The van der Waals surface area contributed by atoms with Crippen LogP contribution in [0.2, 0.25) is 0 Å². The van der Waals surface area contributed by atoms with Crippen molar-refractivity contribution in [3.63, 3.8) is 0 Å². The van der Waals surface area contributed by atoms with Gasteiger partial charge in [-0.25, -0.2) is 4.79 Å². The number of furan rings is 1. The number of aliphatic hydroxyl groups is 1. The van der Waals surface area contributed by atoms with Gasteiger partial charge in [0, 0.05) is 7.11 Å². The normalized spacial score (nSPS) is 12.6. The Hall–Kier alpha value is -1.37. The Balaban J connectivity index is 2.19. The smallest absolute Gasteiger partial charge is 0.371 e. The molecule has 1 atom stereocenters. The Labute approximate surface area is 99.2 Å². The molecule has 0 aliphatic rings. The first-order valence-electron chi connectivity index (χ1n) is 5.33. The van der Waals surface area contributed by atoms with Gasteiger partial charge in [-0.15, -0.1) is 0 Å². The van der Waals surface area contributed by atoms with Gasteiger partial charge in [0.25, 0.3) is 0 Å². The van der Waals surface area contributed by atoms with E-state index in [4.69, 9.17) is 14.3 Å². The van der Waals surface area contributed by atoms with Gasteiger partial charge in [-0.3, -0.25) is 0 Å². The second-order valence-electron chi connectivity index (χ2n) is 3.65. The highest BCUT2D eigenvalue weighted by Gasteiger charge is 2.08. The summed E-state index contributed by atoms with van der Waals surface area (Å²) >= 11 is 0. The number of aromatic carboxylic acids is 1. The van der Waals surface area contributed by atoms with E-state index < -0.39 is 12.1 Å². The summed E-state index contributed by atoms with van der Waals surface area (Å²) in [7, 11) is 1.53. The van der Waals surface area contributed by atoms with E-state index in [1.165, 1.54) is 13.2 Å². The number of carboxylic acid groups (broad SMARTS) is 1. The first-order valence-corrected chi connectivity index (χ1v) is 5.33. The third-order valence-corrected chi connectivity index (χ3v) is 2.19. The predicted molar refractivity (Wildman–Crippen MR) is 59.9 cm³/mol. The molecule has 1 rings (SSSR count). The first-order chi connectivity index (χ1) is 8.13. The molecule has 1 unspecified atom stereocenters. The lowest BCUT2D eigenvalue weighted by molar-refractivity contribution is 0.0593. The fraction of sp³-hybridized carbons (Fsp3) is 0.545. The van der Waals surface area contributed by atoms with Crippen LogP contribution in [0, 0.1) is 0 Å². The van der Waals surface area contributed by atoms with Gasteiger partial charge < -0.3 is 24.7 Å². The second kappa shape index (κ2) is 7.05. The minimum Gasteiger partial charge on any atom is -0.475 e. The Kier molecular flexibility index (Phi) is 5.68. The van der Waals surface area contributed by atoms with Crippen molar-refractivity contribution in [2.75, 3.05) is 20.3 Å². The molecule has 3 N–H and O–H groups in total. The van der Waals surface area contributed by atoms with Crippen LogP contribution in [-0.2, 0) is 11.3 Å². The Morgan fingerprint density at radius 1 is 1.59 bits per heavy atom. The van der Waals surface area contributed by atoms with Crippen LogP contribution < -0.4 is 5.32 Å². The van der Waals surface area contributed by atoms with Crippen molar-refractivity contribution in [1.29, 1.82) is 0 Å². The summed E-state index contributed by atoms with van der Waals surface area (Å²) in [4.78, 5) is 10.5. The summed E-state index contributed by atoms with van der Waals surface area (Å²) in [6, 6.07) is 3.03. The molecule has 0 radical (unpaired) electrons. The second-order valence-corrected chi connectivity index (χ2v) is 3.65. The van der Waals surface area contributed by atoms with Gasteiger partial charge in [0.1, 0.15) is 5.76 Å². The Morgan fingerprint density at radius 3 is 2.94 bits per heavy atom. The number of methoxy groups -OCH3 is 1. The van der Waals surface area contributed by atoms with Gasteiger partial charge in [-0.05, 0) is 25.1 Å². The number of ether oxygens (including phenoxy) is 1. The lowest BCUT2D eigenvalue weighted by Gasteiger charge is -2.09. The molecular weight excluding hydrogens is 226 g/mol. The zero-order chi connectivity index (χ0) is 12.7. The summed E-state index contributed by atoms with van der Waals surface area (Å²) in [6.07, 6.45) is 0.0824. The number of carbonyl (C=O) groups is 1. The largest absolute Gasteiger partial charge is 0.475 e. The molecule has 0 aromatic carbocycles. The monoisotopic (exact) mass is 243 g/mol. The van der Waals surface area contributed by atoms with Crippen molar-refractivity contribution in [3.8, 4) is 0 Å². The molecule has 0 bridgehead atoms. The maximum atomic E-state index is 10.5. The molecule has 0 aliphatic heterocycles. The van der Waals surface area contributed by atoms with Crippen LogP contribution in [0.5, 0.6) is 0 Å². The van der Waals surface area contributed by atoms with E-state index in [9.17, 15) is 9.90 Å². The molecule has 96 valence electrons. The highest BCUT2D eigenvalue weighted by atomic mass is 16.5.